The third-order valence-electron chi connectivity index (χ3n) is 1.96. The van der Waals surface area contributed by atoms with E-state index < -0.39 is 6.09 Å². The fourth-order valence-corrected chi connectivity index (χ4v) is 0.978. The van der Waals surface area contributed by atoms with Crippen molar-refractivity contribution in [2.75, 3.05) is 13.6 Å². The first kappa shape index (κ1) is 7.86. The third kappa shape index (κ3) is 1.61. The van der Waals surface area contributed by atoms with E-state index in [-0.39, 0.29) is 5.41 Å². The lowest BCUT2D eigenvalue weighted by Gasteiger charge is -2.15. The van der Waals surface area contributed by atoms with Crippen molar-refractivity contribution in [3.05, 3.63) is 0 Å². The molecule has 0 aromatic heterocycles. The van der Waals surface area contributed by atoms with E-state index in [1.165, 1.54) is 7.05 Å². The van der Waals surface area contributed by atoms with Gasteiger partial charge in [-0.1, -0.05) is 0 Å². The molecule has 1 N–H and O–H groups in total. The molecule has 4 heteroatoms. The van der Waals surface area contributed by atoms with Gasteiger partial charge in [0.05, 0.1) is 11.5 Å². The Morgan fingerprint density at radius 2 is 2.36 bits per heavy atom. The minimum atomic E-state index is -0.966. The number of rotatable bonds is 2. The van der Waals surface area contributed by atoms with Gasteiger partial charge >= 0.3 is 6.09 Å². The number of nitriles is 1. The van der Waals surface area contributed by atoms with E-state index in [0.29, 0.717) is 6.54 Å². The first-order valence-electron chi connectivity index (χ1n) is 3.45. The number of amides is 1. The molecule has 0 atom stereocenters. The number of nitrogens with zero attached hydrogens (tertiary/aromatic N) is 2. The molecule has 0 heterocycles. The first-order chi connectivity index (χ1) is 5.09. The summed E-state index contributed by atoms with van der Waals surface area (Å²) in [6.07, 6.45) is 0.703. The zero-order chi connectivity index (χ0) is 8.48. The highest BCUT2D eigenvalue weighted by molar-refractivity contribution is 5.64. The molecular weight excluding hydrogens is 144 g/mol. The van der Waals surface area contributed by atoms with Crippen molar-refractivity contribution in [1.82, 2.24) is 4.90 Å². The number of hydrogen-bond acceptors (Lipinski definition) is 2. The molecule has 0 unspecified atom stereocenters. The van der Waals surface area contributed by atoms with Crippen LogP contribution in [-0.4, -0.2) is 29.7 Å². The molecule has 1 saturated carbocycles. The van der Waals surface area contributed by atoms with Crippen LogP contribution < -0.4 is 0 Å². The lowest BCUT2D eigenvalue weighted by atomic mass is 10.1. The Kier molecular flexibility index (Phi) is 1.73. The molecule has 0 bridgehead atoms. The molecule has 1 amide bonds. The van der Waals surface area contributed by atoms with Crippen LogP contribution in [0.4, 0.5) is 4.79 Å². The minimum Gasteiger partial charge on any atom is -0.465 e. The largest absolute Gasteiger partial charge is 0.465 e. The van der Waals surface area contributed by atoms with Crippen LogP contribution in [0.5, 0.6) is 0 Å². The Balaban J connectivity index is 2.43. The minimum absolute atomic E-state index is 0.346. The van der Waals surface area contributed by atoms with Crippen LogP contribution >= 0.6 is 0 Å². The van der Waals surface area contributed by atoms with Gasteiger partial charge in [-0.2, -0.15) is 5.26 Å². The van der Waals surface area contributed by atoms with Gasteiger partial charge in [-0.15, -0.1) is 0 Å². The Bertz CT molecular complexity index is 215. The highest BCUT2D eigenvalue weighted by atomic mass is 16.4. The van der Waals surface area contributed by atoms with Crippen LogP contribution in [0.15, 0.2) is 0 Å². The summed E-state index contributed by atoms with van der Waals surface area (Å²) in [4.78, 5) is 11.5. The van der Waals surface area contributed by atoms with Gasteiger partial charge in [0.15, 0.2) is 0 Å². The van der Waals surface area contributed by atoms with Crippen molar-refractivity contribution in [2.45, 2.75) is 12.8 Å². The predicted octanol–water partition coefficient (Wildman–Crippen LogP) is 0.900. The number of hydrogen-bond donors (Lipinski definition) is 1. The summed E-state index contributed by atoms with van der Waals surface area (Å²) in [6, 6.07) is 2.13. The zero-order valence-electron chi connectivity index (χ0n) is 6.37. The molecule has 60 valence electrons. The summed E-state index contributed by atoms with van der Waals surface area (Å²) >= 11 is 0. The number of carbonyl (C=O) groups is 1. The molecule has 0 saturated heterocycles. The van der Waals surface area contributed by atoms with Crippen LogP contribution in [0.25, 0.3) is 0 Å². The fourth-order valence-electron chi connectivity index (χ4n) is 0.978. The second-order valence-electron chi connectivity index (χ2n) is 3.03. The molecule has 0 aromatic carbocycles. The topological polar surface area (TPSA) is 64.3 Å². The first-order valence-corrected chi connectivity index (χ1v) is 3.45. The van der Waals surface area contributed by atoms with Crippen LogP contribution in [0, 0.1) is 16.7 Å². The molecule has 1 fully saturated rings. The van der Waals surface area contributed by atoms with Crippen LogP contribution in [-0.2, 0) is 0 Å². The van der Waals surface area contributed by atoms with Gasteiger partial charge in [-0.05, 0) is 12.8 Å². The molecule has 1 aliphatic rings. The van der Waals surface area contributed by atoms with Gasteiger partial charge in [-0.25, -0.2) is 4.79 Å². The van der Waals surface area contributed by atoms with Crippen molar-refractivity contribution in [3.8, 4) is 6.07 Å². The standard InChI is InChI=1S/C7H10N2O2/c1-9(6(10)11)5-7(4-8)2-3-7/h2-3,5H2,1H3,(H,10,11). The van der Waals surface area contributed by atoms with E-state index in [0.717, 1.165) is 17.7 Å². The lowest BCUT2D eigenvalue weighted by molar-refractivity contribution is 0.150. The van der Waals surface area contributed by atoms with E-state index in [1.54, 1.807) is 0 Å². The predicted molar refractivity (Wildman–Crippen MR) is 37.9 cm³/mol. The van der Waals surface area contributed by atoms with Gasteiger partial charge in [0.25, 0.3) is 0 Å². The van der Waals surface area contributed by atoms with Crippen LogP contribution in [0.1, 0.15) is 12.8 Å². The Morgan fingerprint density at radius 1 is 1.82 bits per heavy atom. The molecule has 11 heavy (non-hydrogen) atoms. The molecule has 1 aliphatic carbocycles. The molecule has 0 aliphatic heterocycles. The summed E-state index contributed by atoms with van der Waals surface area (Å²) in [7, 11) is 1.49. The maximum absolute atomic E-state index is 10.3. The van der Waals surface area contributed by atoms with Crippen molar-refractivity contribution in [2.24, 2.45) is 5.41 Å². The maximum Gasteiger partial charge on any atom is 0.407 e. The average molecular weight is 154 g/mol. The van der Waals surface area contributed by atoms with E-state index in [9.17, 15) is 4.79 Å². The Hall–Kier alpha value is -1.24. The average Bonchev–Trinajstić information content (AvgIpc) is 2.69. The van der Waals surface area contributed by atoms with Crippen LogP contribution in [0.2, 0.25) is 0 Å². The fraction of sp³-hybridized carbons (Fsp3) is 0.714. The molecular formula is C7H10N2O2. The van der Waals surface area contributed by atoms with Crippen molar-refractivity contribution < 1.29 is 9.90 Å². The SMILES string of the molecule is CN(CC1(C#N)CC1)C(=O)O. The number of carboxylic acid groups (broad SMARTS) is 1. The van der Waals surface area contributed by atoms with E-state index in [1.807, 2.05) is 0 Å². The molecule has 0 aromatic rings. The second-order valence-corrected chi connectivity index (χ2v) is 3.03. The third-order valence-corrected chi connectivity index (χ3v) is 1.96. The van der Waals surface area contributed by atoms with Crippen molar-refractivity contribution >= 4 is 6.09 Å². The van der Waals surface area contributed by atoms with Crippen molar-refractivity contribution in [1.29, 1.82) is 5.26 Å². The van der Waals surface area contributed by atoms with Gasteiger partial charge in [-0.3, -0.25) is 0 Å². The second kappa shape index (κ2) is 2.42. The van der Waals surface area contributed by atoms with Gasteiger partial charge in [0.1, 0.15) is 0 Å². The highest BCUT2D eigenvalue weighted by Gasteiger charge is 2.44. The maximum atomic E-state index is 10.3. The molecule has 1 rings (SSSR count). The lowest BCUT2D eigenvalue weighted by Crippen LogP contribution is -2.30. The van der Waals surface area contributed by atoms with E-state index in [4.69, 9.17) is 10.4 Å². The van der Waals surface area contributed by atoms with Gasteiger partial charge < -0.3 is 10.0 Å². The van der Waals surface area contributed by atoms with Gasteiger partial charge in [0, 0.05) is 13.6 Å². The zero-order valence-corrected chi connectivity index (χ0v) is 6.37. The monoisotopic (exact) mass is 154 g/mol. The summed E-state index contributed by atoms with van der Waals surface area (Å²) in [5.74, 6) is 0. The summed E-state index contributed by atoms with van der Waals surface area (Å²) < 4.78 is 0. The highest BCUT2D eigenvalue weighted by Crippen LogP contribution is 2.45. The van der Waals surface area contributed by atoms with E-state index >= 15 is 0 Å². The Labute approximate surface area is 65.0 Å². The van der Waals surface area contributed by atoms with Crippen molar-refractivity contribution in [3.63, 3.8) is 0 Å². The summed E-state index contributed by atoms with van der Waals surface area (Å²) in [6.45, 7) is 0.346. The smallest absolute Gasteiger partial charge is 0.407 e. The molecule has 0 spiro atoms. The summed E-state index contributed by atoms with van der Waals surface area (Å²) in [5.41, 5.74) is -0.354. The quantitative estimate of drug-likeness (QED) is 0.642. The normalized spacial score (nSPS) is 18.5. The van der Waals surface area contributed by atoms with E-state index in [2.05, 4.69) is 6.07 Å². The summed E-state index contributed by atoms with van der Waals surface area (Å²) in [5, 5.41) is 17.1. The Morgan fingerprint density at radius 3 is 2.64 bits per heavy atom. The molecule has 4 nitrogen and oxygen atoms in total. The molecule has 0 radical (unpaired) electrons. The van der Waals surface area contributed by atoms with Crippen LogP contribution in [0.3, 0.4) is 0 Å². The van der Waals surface area contributed by atoms with Gasteiger partial charge in [0.2, 0.25) is 0 Å².